The Labute approximate surface area is 104 Å². The van der Waals surface area contributed by atoms with Crippen molar-refractivity contribution in [2.24, 2.45) is 0 Å². The number of aromatic nitrogens is 2. The number of furan rings is 1. The standard InChI is InChI=1S/C13H13N3O2/c1-8(14-2)12-15-16-13(18-12)11-7-9-5-3-4-6-10(9)17-11/h3-8,14H,1-2H3. The van der Waals surface area contributed by atoms with Crippen LogP contribution in [0, 0.1) is 0 Å². The average molecular weight is 243 g/mol. The maximum Gasteiger partial charge on any atom is 0.283 e. The van der Waals surface area contributed by atoms with Crippen molar-refractivity contribution in [3.8, 4) is 11.7 Å². The number of fused-ring (bicyclic) bond motifs is 1. The number of para-hydroxylation sites is 1. The Bertz CT molecular complexity index is 638. The third-order valence-electron chi connectivity index (χ3n) is 2.88. The predicted octanol–water partition coefficient (Wildman–Crippen LogP) is 2.76. The Morgan fingerprint density at radius 2 is 2.00 bits per heavy atom. The van der Waals surface area contributed by atoms with Gasteiger partial charge >= 0.3 is 0 Å². The van der Waals surface area contributed by atoms with Gasteiger partial charge in [0, 0.05) is 5.39 Å². The van der Waals surface area contributed by atoms with Crippen LogP contribution in [-0.4, -0.2) is 17.2 Å². The molecule has 0 amide bonds. The van der Waals surface area contributed by atoms with Crippen LogP contribution < -0.4 is 5.32 Å². The molecule has 0 aliphatic heterocycles. The first-order valence-electron chi connectivity index (χ1n) is 5.77. The van der Waals surface area contributed by atoms with Crippen LogP contribution in [0.1, 0.15) is 18.9 Å². The van der Waals surface area contributed by atoms with Crippen LogP contribution in [-0.2, 0) is 0 Å². The second-order valence-electron chi connectivity index (χ2n) is 4.10. The van der Waals surface area contributed by atoms with Crippen LogP contribution in [0.5, 0.6) is 0 Å². The van der Waals surface area contributed by atoms with E-state index in [0.29, 0.717) is 17.5 Å². The summed E-state index contributed by atoms with van der Waals surface area (Å²) in [6, 6.07) is 9.71. The van der Waals surface area contributed by atoms with Crippen molar-refractivity contribution in [2.75, 3.05) is 7.05 Å². The van der Waals surface area contributed by atoms with Crippen molar-refractivity contribution in [1.29, 1.82) is 0 Å². The fourth-order valence-electron chi connectivity index (χ4n) is 1.72. The van der Waals surface area contributed by atoms with E-state index in [2.05, 4.69) is 15.5 Å². The zero-order chi connectivity index (χ0) is 12.5. The Morgan fingerprint density at radius 1 is 1.17 bits per heavy atom. The maximum atomic E-state index is 5.66. The molecule has 1 unspecified atom stereocenters. The summed E-state index contributed by atoms with van der Waals surface area (Å²) in [6.45, 7) is 1.95. The zero-order valence-corrected chi connectivity index (χ0v) is 10.2. The molecule has 2 heterocycles. The molecule has 92 valence electrons. The van der Waals surface area contributed by atoms with Gasteiger partial charge in [0.15, 0.2) is 5.76 Å². The summed E-state index contributed by atoms with van der Waals surface area (Å²) in [5.74, 6) is 1.55. The third-order valence-corrected chi connectivity index (χ3v) is 2.88. The van der Waals surface area contributed by atoms with Gasteiger partial charge in [-0.2, -0.15) is 0 Å². The molecule has 5 nitrogen and oxygen atoms in total. The molecule has 0 radical (unpaired) electrons. The van der Waals surface area contributed by atoms with Gasteiger partial charge in [-0.25, -0.2) is 0 Å². The number of nitrogens with one attached hydrogen (secondary N) is 1. The van der Waals surface area contributed by atoms with E-state index in [4.69, 9.17) is 8.83 Å². The highest BCUT2D eigenvalue weighted by molar-refractivity contribution is 5.81. The van der Waals surface area contributed by atoms with Gasteiger partial charge in [-0.3, -0.25) is 0 Å². The predicted molar refractivity (Wildman–Crippen MR) is 67.0 cm³/mol. The first kappa shape index (κ1) is 11.0. The Morgan fingerprint density at radius 3 is 2.78 bits per heavy atom. The molecule has 3 rings (SSSR count). The Kier molecular flexibility index (Phi) is 2.60. The number of rotatable bonds is 3. The highest BCUT2D eigenvalue weighted by Crippen LogP contribution is 2.27. The molecule has 0 fully saturated rings. The highest BCUT2D eigenvalue weighted by Gasteiger charge is 2.16. The molecule has 0 spiro atoms. The van der Waals surface area contributed by atoms with Crippen molar-refractivity contribution < 1.29 is 8.83 Å². The summed E-state index contributed by atoms with van der Waals surface area (Å²) in [5, 5.41) is 12.1. The molecule has 3 aromatic rings. The van der Waals surface area contributed by atoms with Crippen molar-refractivity contribution >= 4 is 11.0 Å². The van der Waals surface area contributed by atoms with E-state index < -0.39 is 0 Å². The van der Waals surface area contributed by atoms with Crippen LogP contribution in [0.3, 0.4) is 0 Å². The van der Waals surface area contributed by atoms with Crippen LogP contribution in [0.4, 0.5) is 0 Å². The van der Waals surface area contributed by atoms with E-state index in [1.807, 2.05) is 44.3 Å². The average Bonchev–Trinajstić information content (AvgIpc) is 3.03. The molecule has 0 aliphatic rings. The summed E-state index contributed by atoms with van der Waals surface area (Å²) in [5.41, 5.74) is 0.814. The highest BCUT2D eigenvalue weighted by atomic mass is 16.4. The lowest BCUT2D eigenvalue weighted by molar-refractivity contribution is 0.433. The number of hydrogen-bond donors (Lipinski definition) is 1. The minimum Gasteiger partial charge on any atom is -0.451 e. The van der Waals surface area contributed by atoms with E-state index in [1.54, 1.807) is 0 Å². The van der Waals surface area contributed by atoms with Gasteiger partial charge in [-0.15, -0.1) is 10.2 Å². The molecule has 2 aromatic heterocycles. The molecule has 1 aromatic carbocycles. The number of nitrogens with zero attached hydrogens (tertiary/aromatic N) is 2. The summed E-state index contributed by atoms with van der Waals surface area (Å²) >= 11 is 0. The van der Waals surface area contributed by atoms with Gasteiger partial charge in [-0.1, -0.05) is 18.2 Å². The summed E-state index contributed by atoms with van der Waals surface area (Å²) in [6.07, 6.45) is 0. The molecule has 0 bridgehead atoms. The normalized spacial score (nSPS) is 13.0. The molecule has 0 saturated heterocycles. The van der Waals surface area contributed by atoms with E-state index in [-0.39, 0.29) is 6.04 Å². The van der Waals surface area contributed by atoms with E-state index in [0.717, 1.165) is 11.0 Å². The molecule has 1 atom stereocenters. The van der Waals surface area contributed by atoms with E-state index in [1.165, 1.54) is 0 Å². The van der Waals surface area contributed by atoms with Crippen molar-refractivity contribution in [1.82, 2.24) is 15.5 Å². The molecular weight excluding hydrogens is 230 g/mol. The number of benzene rings is 1. The lowest BCUT2D eigenvalue weighted by atomic mass is 10.2. The summed E-state index contributed by atoms with van der Waals surface area (Å²) < 4.78 is 11.2. The fraction of sp³-hybridized carbons (Fsp3) is 0.231. The SMILES string of the molecule is CNC(C)c1nnc(-c2cc3ccccc3o2)o1. The van der Waals surface area contributed by atoms with Gasteiger partial charge in [0.1, 0.15) is 5.58 Å². The number of hydrogen-bond acceptors (Lipinski definition) is 5. The lowest BCUT2D eigenvalue weighted by Gasteiger charge is -2.01. The fourth-order valence-corrected chi connectivity index (χ4v) is 1.72. The topological polar surface area (TPSA) is 64.1 Å². The molecule has 1 N–H and O–H groups in total. The minimum atomic E-state index is 0.0237. The van der Waals surface area contributed by atoms with Crippen LogP contribution in [0.25, 0.3) is 22.6 Å². The zero-order valence-electron chi connectivity index (χ0n) is 10.2. The smallest absolute Gasteiger partial charge is 0.283 e. The molecule has 5 heteroatoms. The third kappa shape index (κ3) is 1.78. The minimum absolute atomic E-state index is 0.0237. The lowest BCUT2D eigenvalue weighted by Crippen LogP contribution is -2.12. The quantitative estimate of drug-likeness (QED) is 0.766. The van der Waals surface area contributed by atoms with E-state index in [9.17, 15) is 0 Å². The van der Waals surface area contributed by atoms with Gasteiger partial charge in [0.2, 0.25) is 5.89 Å². The van der Waals surface area contributed by atoms with Crippen LogP contribution in [0.15, 0.2) is 39.2 Å². The molecule has 0 saturated carbocycles. The van der Waals surface area contributed by atoms with Crippen molar-refractivity contribution in [3.05, 3.63) is 36.2 Å². The second-order valence-corrected chi connectivity index (χ2v) is 4.10. The van der Waals surface area contributed by atoms with Crippen molar-refractivity contribution in [2.45, 2.75) is 13.0 Å². The molecule has 0 aliphatic carbocycles. The van der Waals surface area contributed by atoms with Gasteiger partial charge in [0.25, 0.3) is 5.89 Å². The molecule has 18 heavy (non-hydrogen) atoms. The van der Waals surface area contributed by atoms with Gasteiger partial charge < -0.3 is 14.2 Å². The first-order valence-corrected chi connectivity index (χ1v) is 5.77. The van der Waals surface area contributed by atoms with Crippen LogP contribution >= 0.6 is 0 Å². The Balaban J connectivity index is 2.01. The van der Waals surface area contributed by atoms with Gasteiger partial charge in [0.05, 0.1) is 6.04 Å². The monoisotopic (exact) mass is 243 g/mol. The maximum absolute atomic E-state index is 5.66. The molecular formula is C13H13N3O2. The summed E-state index contributed by atoms with van der Waals surface area (Å²) in [7, 11) is 1.84. The first-order chi connectivity index (χ1) is 8.78. The second kappa shape index (κ2) is 4.27. The van der Waals surface area contributed by atoms with E-state index >= 15 is 0 Å². The van der Waals surface area contributed by atoms with Crippen molar-refractivity contribution in [3.63, 3.8) is 0 Å². The summed E-state index contributed by atoms with van der Waals surface area (Å²) in [4.78, 5) is 0. The van der Waals surface area contributed by atoms with Gasteiger partial charge in [-0.05, 0) is 26.1 Å². The Hall–Kier alpha value is -2.14. The largest absolute Gasteiger partial charge is 0.451 e. The van der Waals surface area contributed by atoms with Crippen LogP contribution in [0.2, 0.25) is 0 Å².